The zero-order valence-electron chi connectivity index (χ0n) is 65.8. The Morgan fingerprint density at radius 2 is 0.480 bits per heavy atom. The summed E-state index contributed by atoms with van der Waals surface area (Å²) >= 11 is 0. The normalized spacial score (nSPS) is 14.6. The van der Waals surface area contributed by atoms with Crippen molar-refractivity contribution in [3.05, 3.63) is 0 Å². The van der Waals surface area contributed by atoms with E-state index < -0.39 is 97.5 Å². The first-order valence-electron chi connectivity index (χ1n) is 41.8. The van der Waals surface area contributed by atoms with Gasteiger partial charge in [0.05, 0.1) is 26.4 Å². The molecule has 7 atom stereocenters. The van der Waals surface area contributed by atoms with Crippen LogP contribution in [0.1, 0.15) is 415 Å². The van der Waals surface area contributed by atoms with E-state index in [1.165, 1.54) is 218 Å². The van der Waals surface area contributed by atoms with Crippen LogP contribution in [0.3, 0.4) is 0 Å². The van der Waals surface area contributed by atoms with E-state index in [4.69, 9.17) is 37.0 Å². The number of esters is 4. The summed E-state index contributed by atoms with van der Waals surface area (Å²) < 4.78 is 68.7. The molecule has 17 nitrogen and oxygen atoms in total. The van der Waals surface area contributed by atoms with Crippen molar-refractivity contribution in [2.75, 3.05) is 39.6 Å². The van der Waals surface area contributed by atoms with E-state index in [1.54, 1.807) is 0 Å². The van der Waals surface area contributed by atoms with E-state index in [9.17, 15) is 43.2 Å². The molecule has 0 rings (SSSR count). The van der Waals surface area contributed by atoms with E-state index in [1.807, 2.05) is 0 Å². The van der Waals surface area contributed by atoms with Gasteiger partial charge in [0.15, 0.2) is 12.2 Å². The molecular formula is C81H158O17P2. The lowest BCUT2D eigenvalue weighted by Crippen LogP contribution is -2.30. The molecule has 3 N–H and O–H groups in total. The summed E-state index contributed by atoms with van der Waals surface area (Å²) in [6.45, 7) is 14.3. The molecule has 100 heavy (non-hydrogen) atoms. The van der Waals surface area contributed by atoms with E-state index in [0.717, 1.165) is 114 Å². The maximum absolute atomic E-state index is 13.1. The van der Waals surface area contributed by atoms with Gasteiger partial charge < -0.3 is 33.8 Å². The minimum atomic E-state index is -4.96. The molecule has 4 unspecified atom stereocenters. The van der Waals surface area contributed by atoms with Crippen molar-refractivity contribution in [1.82, 2.24) is 0 Å². The van der Waals surface area contributed by atoms with Crippen LogP contribution < -0.4 is 0 Å². The second kappa shape index (κ2) is 70.1. The standard InChI is InChI=1S/C81H158O17P2/c1-9-73(7)59-51-43-35-27-20-16-12-14-18-22-29-39-47-55-63-80(85)97-76(67-91-78(83)61-53-45-37-28-21-17-13-11-15-19-25-33-41-49-57-71(3)4)69-95-99(87,88)93-65-75(82)66-94-100(89,90)96-70-77(68-92-79(84)62-54-46-38-32-31-36-44-52-60-74(8)10-2)98-81(86)64-56-48-40-30-24-23-26-34-42-50-58-72(5)6/h71-77,82H,9-70H2,1-8H3,(H,87,88)(H,89,90)/t73?,74?,75-,76-,77-/m1/s1. The number of unbranched alkanes of at least 4 members (excludes halogenated alkanes) is 42. The minimum Gasteiger partial charge on any atom is -0.462 e. The summed E-state index contributed by atoms with van der Waals surface area (Å²) in [7, 11) is -9.92. The lowest BCUT2D eigenvalue weighted by atomic mass is 9.99. The number of phosphoric acid groups is 2. The van der Waals surface area contributed by atoms with Gasteiger partial charge in [-0.25, -0.2) is 9.13 Å². The molecule has 0 saturated carbocycles. The Kier molecular flexibility index (Phi) is 68.7. The molecule has 0 aromatic rings. The number of ether oxygens (including phenoxy) is 4. The third-order valence-electron chi connectivity index (χ3n) is 19.5. The zero-order valence-corrected chi connectivity index (χ0v) is 67.6. The van der Waals surface area contributed by atoms with Gasteiger partial charge in [-0.15, -0.1) is 0 Å². The van der Waals surface area contributed by atoms with Gasteiger partial charge in [-0.2, -0.15) is 0 Å². The second-order valence-electron chi connectivity index (χ2n) is 30.6. The third kappa shape index (κ3) is 71.7. The SMILES string of the molecule is CCC(C)CCCCCCCCCCCCCCCCC(=O)O[C@H](COC(=O)CCCCCCCCCCCCCCCCC(C)C)COP(=O)(O)OC[C@@H](O)COP(=O)(O)OC[C@@H](COC(=O)CCCCCCCCCCC(C)CC)OC(=O)CCCCCCCCCCCCC(C)C. The zero-order chi connectivity index (χ0) is 73.8. The number of carbonyl (C=O) groups is 4. The first-order chi connectivity index (χ1) is 48.2. The fourth-order valence-corrected chi connectivity index (χ4v) is 13.9. The Bertz CT molecular complexity index is 1960. The summed E-state index contributed by atoms with van der Waals surface area (Å²) in [5.41, 5.74) is 0. The maximum Gasteiger partial charge on any atom is 0.472 e. The first-order valence-corrected chi connectivity index (χ1v) is 44.8. The second-order valence-corrected chi connectivity index (χ2v) is 33.5. The summed E-state index contributed by atoms with van der Waals surface area (Å²) in [4.78, 5) is 73.1. The molecule has 0 amide bonds. The lowest BCUT2D eigenvalue weighted by molar-refractivity contribution is -0.161. The van der Waals surface area contributed by atoms with Gasteiger partial charge in [0.25, 0.3) is 0 Å². The maximum atomic E-state index is 13.1. The Hall–Kier alpha value is -1.94. The van der Waals surface area contributed by atoms with E-state index in [0.29, 0.717) is 25.7 Å². The average molecular weight is 1470 g/mol. The molecule has 0 aliphatic heterocycles. The molecule has 0 bridgehead atoms. The van der Waals surface area contributed by atoms with Crippen LogP contribution in [0.15, 0.2) is 0 Å². The van der Waals surface area contributed by atoms with Crippen molar-refractivity contribution in [1.29, 1.82) is 0 Å². The summed E-state index contributed by atoms with van der Waals surface area (Å²) in [5, 5.41) is 10.6. The molecule has 0 spiro atoms. The van der Waals surface area contributed by atoms with Crippen molar-refractivity contribution >= 4 is 39.5 Å². The van der Waals surface area contributed by atoms with Crippen LogP contribution in [0.2, 0.25) is 0 Å². The van der Waals surface area contributed by atoms with Crippen LogP contribution in [0.5, 0.6) is 0 Å². The van der Waals surface area contributed by atoms with Gasteiger partial charge in [-0.05, 0) is 49.4 Å². The van der Waals surface area contributed by atoms with Gasteiger partial charge in [0.1, 0.15) is 19.3 Å². The van der Waals surface area contributed by atoms with Crippen LogP contribution in [-0.2, 0) is 65.4 Å². The van der Waals surface area contributed by atoms with Crippen LogP contribution in [0, 0.1) is 23.7 Å². The van der Waals surface area contributed by atoms with Gasteiger partial charge >= 0.3 is 39.5 Å². The van der Waals surface area contributed by atoms with Crippen molar-refractivity contribution < 1.29 is 80.2 Å². The molecule has 0 aliphatic rings. The molecule has 19 heteroatoms. The fourth-order valence-electron chi connectivity index (χ4n) is 12.4. The Labute approximate surface area is 613 Å². The molecule has 0 aromatic carbocycles. The van der Waals surface area contributed by atoms with Crippen LogP contribution in [0.4, 0.5) is 0 Å². The third-order valence-corrected chi connectivity index (χ3v) is 21.4. The topological polar surface area (TPSA) is 237 Å². The van der Waals surface area contributed by atoms with Crippen LogP contribution in [-0.4, -0.2) is 96.7 Å². The summed E-state index contributed by atoms with van der Waals surface area (Å²) in [5.74, 6) is 1.06. The number of hydrogen-bond acceptors (Lipinski definition) is 15. The predicted octanol–water partition coefficient (Wildman–Crippen LogP) is 24.0. The van der Waals surface area contributed by atoms with Gasteiger partial charge in [-0.1, -0.05) is 364 Å². The summed E-state index contributed by atoms with van der Waals surface area (Å²) in [6.07, 6.45) is 56.7. The van der Waals surface area contributed by atoms with E-state index in [2.05, 4.69) is 55.4 Å². The van der Waals surface area contributed by atoms with E-state index in [-0.39, 0.29) is 25.7 Å². The molecule has 0 radical (unpaired) electrons. The highest BCUT2D eigenvalue weighted by atomic mass is 31.2. The molecule has 0 aliphatic carbocycles. The summed E-state index contributed by atoms with van der Waals surface area (Å²) in [6, 6.07) is 0. The van der Waals surface area contributed by atoms with Crippen molar-refractivity contribution in [2.24, 2.45) is 23.7 Å². The number of aliphatic hydroxyl groups excluding tert-OH is 1. The van der Waals surface area contributed by atoms with E-state index >= 15 is 0 Å². The Morgan fingerprint density at radius 3 is 0.710 bits per heavy atom. The Balaban J connectivity index is 5.27. The molecule has 0 aromatic heterocycles. The number of rotatable bonds is 78. The molecule has 0 heterocycles. The Morgan fingerprint density at radius 1 is 0.280 bits per heavy atom. The highest BCUT2D eigenvalue weighted by molar-refractivity contribution is 7.47. The predicted molar refractivity (Wildman–Crippen MR) is 409 cm³/mol. The molecule has 0 fully saturated rings. The molecule has 594 valence electrons. The number of carbonyl (C=O) groups excluding carboxylic acids is 4. The quantitative estimate of drug-likeness (QED) is 0.0222. The number of hydrogen-bond donors (Lipinski definition) is 3. The van der Waals surface area contributed by atoms with Crippen molar-refractivity contribution in [3.8, 4) is 0 Å². The smallest absolute Gasteiger partial charge is 0.462 e. The molecule has 0 saturated heterocycles. The van der Waals surface area contributed by atoms with Crippen molar-refractivity contribution in [3.63, 3.8) is 0 Å². The van der Waals surface area contributed by atoms with Crippen LogP contribution >= 0.6 is 15.6 Å². The first kappa shape index (κ1) is 98.1. The molecular weight excluding hydrogens is 1310 g/mol. The average Bonchev–Trinajstić information content (AvgIpc) is 0.959. The highest BCUT2D eigenvalue weighted by Gasteiger charge is 2.30. The fraction of sp³-hybridized carbons (Fsp3) is 0.951. The van der Waals surface area contributed by atoms with Crippen molar-refractivity contribution in [2.45, 2.75) is 433 Å². The highest BCUT2D eigenvalue weighted by Crippen LogP contribution is 2.45. The van der Waals surface area contributed by atoms with Gasteiger partial charge in [-0.3, -0.25) is 37.3 Å². The minimum absolute atomic E-state index is 0.105. The monoisotopic (exact) mass is 1470 g/mol. The lowest BCUT2D eigenvalue weighted by Gasteiger charge is -2.21. The van der Waals surface area contributed by atoms with Gasteiger partial charge in [0, 0.05) is 25.7 Å². The van der Waals surface area contributed by atoms with Crippen LogP contribution in [0.25, 0.3) is 0 Å². The number of phosphoric ester groups is 2. The number of aliphatic hydroxyl groups is 1. The van der Waals surface area contributed by atoms with Gasteiger partial charge in [0.2, 0.25) is 0 Å². The largest absolute Gasteiger partial charge is 0.472 e.